The van der Waals surface area contributed by atoms with E-state index >= 15 is 0 Å². The standard InChI is InChI=1S/C24H31N3O6S/c1-16-7-5-9-21(17(16)2)26-24(29)15-27(14-20-8-6-12-33-20)34(30,31)23-13-19(25-18(3)28)10-11-22(23)32-4/h5,7,9-11,13,20H,6,8,12,14-15H2,1-4H3,(H,25,28)(H,26,29)/t20-/m0/s1. The number of rotatable bonds is 9. The summed E-state index contributed by atoms with van der Waals surface area (Å²) in [6.07, 6.45) is 1.22. The summed E-state index contributed by atoms with van der Waals surface area (Å²) in [5.74, 6) is -0.689. The van der Waals surface area contributed by atoms with Gasteiger partial charge in [0, 0.05) is 31.5 Å². The molecule has 3 rings (SSSR count). The van der Waals surface area contributed by atoms with Crippen LogP contribution >= 0.6 is 0 Å². The summed E-state index contributed by atoms with van der Waals surface area (Å²) in [6.45, 7) is 5.34. The molecule has 0 radical (unpaired) electrons. The van der Waals surface area contributed by atoms with Crippen LogP contribution < -0.4 is 15.4 Å². The van der Waals surface area contributed by atoms with E-state index in [2.05, 4.69) is 10.6 Å². The van der Waals surface area contributed by atoms with Gasteiger partial charge < -0.3 is 20.1 Å². The lowest BCUT2D eigenvalue weighted by atomic mass is 10.1. The van der Waals surface area contributed by atoms with E-state index in [1.165, 1.54) is 26.2 Å². The predicted octanol–water partition coefficient (Wildman–Crippen LogP) is 3.08. The second kappa shape index (κ2) is 11.0. The SMILES string of the molecule is COc1ccc(NC(C)=O)cc1S(=O)(=O)N(CC(=O)Nc1cccc(C)c1C)C[C@@H]1CCCO1. The zero-order valence-corrected chi connectivity index (χ0v) is 20.7. The third-order valence-electron chi connectivity index (χ3n) is 5.73. The molecule has 1 atom stereocenters. The fourth-order valence-electron chi connectivity index (χ4n) is 3.80. The third-order valence-corrected chi connectivity index (χ3v) is 7.56. The number of anilines is 2. The first-order chi connectivity index (χ1) is 16.1. The van der Waals surface area contributed by atoms with Gasteiger partial charge in [-0.25, -0.2) is 8.42 Å². The van der Waals surface area contributed by atoms with Gasteiger partial charge in [-0.3, -0.25) is 9.59 Å². The van der Waals surface area contributed by atoms with E-state index in [0.29, 0.717) is 24.4 Å². The maximum atomic E-state index is 13.7. The summed E-state index contributed by atoms with van der Waals surface area (Å²) in [7, 11) is -2.81. The van der Waals surface area contributed by atoms with E-state index < -0.39 is 22.5 Å². The molecule has 9 nitrogen and oxygen atoms in total. The lowest BCUT2D eigenvalue weighted by Gasteiger charge is -2.25. The highest BCUT2D eigenvalue weighted by Gasteiger charge is 2.33. The van der Waals surface area contributed by atoms with Crippen molar-refractivity contribution in [2.45, 2.75) is 44.6 Å². The van der Waals surface area contributed by atoms with Crippen molar-refractivity contribution in [3.63, 3.8) is 0 Å². The number of aryl methyl sites for hydroxylation is 1. The van der Waals surface area contributed by atoms with E-state index in [1.54, 1.807) is 12.1 Å². The Hall–Kier alpha value is -2.95. The molecular weight excluding hydrogens is 458 g/mol. The second-order valence-electron chi connectivity index (χ2n) is 8.28. The highest BCUT2D eigenvalue weighted by molar-refractivity contribution is 7.89. The van der Waals surface area contributed by atoms with Gasteiger partial charge in [-0.2, -0.15) is 4.31 Å². The number of sulfonamides is 1. The number of amides is 2. The first kappa shape index (κ1) is 25.7. The monoisotopic (exact) mass is 489 g/mol. The molecule has 0 aromatic heterocycles. The van der Waals surface area contributed by atoms with Crippen LogP contribution in [0.15, 0.2) is 41.3 Å². The summed E-state index contributed by atoms with van der Waals surface area (Å²) in [5.41, 5.74) is 2.86. The van der Waals surface area contributed by atoms with Crippen LogP contribution in [0.2, 0.25) is 0 Å². The number of ether oxygens (including phenoxy) is 2. The average Bonchev–Trinajstić information content (AvgIpc) is 3.29. The van der Waals surface area contributed by atoms with Crippen LogP contribution in [-0.2, 0) is 24.3 Å². The minimum Gasteiger partial charge on any atom is -0.495 e. The molecular formula is C24H31N3O6S. The summed E-state index contributed by atoms with van der Waals surface area (Å²) in [5, 5.41) is 5.41. The van der Waals surface area contributed by atoms with E-state index in [9.17, 15) is 18.0 Å². The molecule has 0 bridgehead atoms. The van der Waals surface area contributed by atoms with E-state index in [4.69, 9.17) is 9.47 Å². The Morgan fingerprint density at radius 3 is 2.59 bits per heavy atom. The van der Waals surface area contributed by atoms with Crippen molar-refractivity contribution in [3.8, 4) is 5.75 Å². The number of methoxy groups -OCH3 is 1. The molecule has 184 valence electrons. The molecule has 34 heavy (non-hydrogen) atoms. The van der Waals surface area contributed by atoms with Crippen LogP contribution in [0.25, 0.3) is 0 Å². The van der Waals surface area contributed by atoms with Crippen LogP contribution in [0.4, 0.5) is 11.4 Å². The number of hydrogen-bond donors (Lipinski definition) is 2. The number of nitrogens with zero attached hydrogens (tertiary/aromatic N) is 1. The van der Waals surface area contributed by atoms with Gasteiger partial charge in [-0.05, 0) is 62.1 Å². The first-order valence-electron chi connectivity index (χ1n) is 11.0. The number of benzene rings is 2. The Balaban J connectivity index is 1.93. The molecule has 0 saturated carbocycles. The maximum absolute atomic E-state index is 13.7. The van der Waals surface area contributed by atoms with Gasteiger partial charge in [0.1, 0.15) is 10.6 Å². The topological polar surface area (TPSA) is 114 Å². The molecule has 2 aromatic carbocycles. The quantitative estimate of drug-likeness (QED) is 0.560. The Morgan fingerprint density at radius 1 is 1.18 bits per heavy atom. The van der Waals surface area contributed by atoms with Gasteiger partial charge in [0.25, 0.3) is 0 Å². The molecule has 2 aromatic rings. The van der Waals surface area contributed by atoms with Crippen molar-refractivity contribution in [1.29, 1.82) is 0 Å². The Labute approximate surface area is 200 Å². The maximum Gasteiger partial charge on any atom is 0.247 e. The van der Waals surface area contributed by atoms with E-state index in [-0.39, 0.29) is 29.2 Å². The average molecular weight is 490 g/mol. The van der Waals surface area contributed by atoms with Crippen LogP contribution in [-0.4, -0.2) is 57.4 Å². The van der Waals surface area contributed by atoms with Crippen molar-refractivity contribution in [2.75, 3.05) is 37.4 Å². The fraction of sp³-hybridized carbons (Fsp3) is 0.417. The molecule has 1 aliphatic rings. The van der Waals surface area contributed by atoms with Crippen LogP contribution in [0.5, 0.6) is 5.75 Å². The molecule has 0 unspecified atom stereocenters. The lowest BCUT2D eigenvalue weighted by Crippen LogP contribution is -2.42. The minimum atomic E-state index is -4.18. The lowest BCUT2D eigenvalue weighted by molar-refractivity contribution is -0.116. The zero-order chi connectivity index (χ0) is 24.9. The van der Waals surface area contributed by atoms with Crippen molar-refractivity contribution < 1.29 is 27.5 Å². The van der Waals surface area contributed by atoms with Gasteiger partial charge in [0.05, 0.1) is 19.8 Å². The smallest absolute Gasteiger partial charge is 0.247 e. The Bertz CT molecular complexity index is 1160. The molecule has 1 aliphatic heterocycles. The zero-order valence-electron chi connectivity index (χ0n) is 19.9. The summed E-state index contributed by atoms with van der Waals surface area (Å²) in [6, 6.07) is 9.90. The number of carbonyl (C=O) groups is 2. The highest BCUT2D eigenvalue weighted by atomic mass is 32.2. The number of carbonyl (C=O) groups excluding carboxylic acids is 2. The second-order valence-corrected chi connectivity index (χ2v) is 10.2. The van der Waals surface area contributed by atoms with Crippen molar-refractivity contribution in [3.05, 3.63) is 47.5 Å². The molecule has 10 heteroatoms. The Morgan fingerprint density at radius 2 is 1.94 bits per heavy atom. The molecule has 0 spiro atoms. The Kier molecular flexibility index (Phi) is 8.29. The fourth-order valence-corrected chi connectivity index (χ4v) is 5.41. The normalized spacial score (nSPS) is 15.9. The molecule has 1 heterocycles. The van der Waals surface area contributed by atoms with E-state index in [0.717, 1.165) is 21.9 Å². The van der Waals surface area contributed by atoms with Crippen molar-refractivity contribution >= 4 is 33.2 Å². The predicted molar refractivity (Wildman–Crippen MR) is 130 cm³/mol. The van der Waals surface area contributed by atoms with Crippen molar-refractivity contribution in [2.24, 2.45) is 0 Å². The molecule has 2 amide bonds. The highest BCUT2D eigenvalue weighted by Crippen LogP contribution is 2.31. The van der Waals surface area contributed by atoms with Crippen LogP contribution in [0, 0.1) is 13.8 Å². The molecule has 1 fully saturated rings. The molecule has 2 N–H and O–H groups in total. The number of hydrogen-bond acceptors (Lipinski definition) is 6. The van der Waals surface area contributed by atoms with E-state index in [1.807, 2.05) is 26.0 Å². The van der Waals surface area contributed by atoms with Gasteiger partial charge in [0.2, 0.25) is 21.8 Å². The molecule has 0 aliphatic carbocycles. The largest absolute Gasteiger partial charge is 0.495 e. The van der Waals surface area contributed by atoms with Gasteiger partial charge in [0.15, 0.2) is 0 Å². The van der Waals surface area contributed by atoms with Gasteiger partial charge in [-0.1, -0.05) is 12.1 Å². The summed E-state index contributed by atoms with van der Waals surface area (Å²) in [4.78, 5) is 24.3. The summed E-state index contributed by atoms with van der Waals surface area (Å²) >= 11 is 0. The summed E-state index contributed by atoms with van der Waals surface area (Å²) < 4.78 is 39.5. The van der Waals surface area contributed by atoms with Gasteiger partial charge >= 0.3 is 0 Å². The van der Waals surface area contributed by atoms with Crippen molar-refractivity contribution in [1.82, 2.24) is 4.31 Å². The minimum absolute atomic E-state index is 0.0239. The number of nitrogens with one attached hydrogen (secondary N) is 2. The molecule has 1 saturated heterocycles. The first-order valence-corrected chi connectivity index (χ1v) is 12.5. The van der Waals surface area contributed by atoms with Gasteiger partial charge in [-0.15, -0.1) is 0 Å². The third kappa shape index (κ3) is 6.13. The van der Waals surface area contributed by atoms with Crippen LogP contribution in [0.1, 0.15) is 30.9 Å². The van der Waals surface area contributed by atoms with Crippen LogP contribution in [0.3, 0.4) is 0 Å².